The van der Waals surface area contributed by atoms with Gasteiger partial charge in [-0.25, -0.2) is 0 Å². The van der Waals surface area contributed by atoms with Crippen LogP contribution in [-0.4, -0.2) is 10.7 Å². The number of hydrogen-bond donors (Lipinski definition) is 1. The lowest BCUT2D eigenvalue weighted by Crippen LogP contribution is -2.01. The molecule has 2 nitrogen and oxygen atoms in total. The molecule has 1 N–H and O–H groups in total. The zero-order chi connectivity index (χ0) is 6.97. The zero-order valence-corrected chi connectivity index (χ0v) is 6.98. The third-order valence-corrected chi connectivity index (χ3v) is 3.63. The Morgan fingerprint density at radius 1 is 1.50 bits per heavy atom. The summed E-state index contributed by atoms with van der Waals surface area (Å²) in [5.74, 6) is 2.18. The van der Waals surface area contributed by atoms with Crippen molar-refractivity contribution in [3.8, 4) is 0 Å². The number of nitrogens with one attached hydrogen (secondary N) is 1. The molecule has 54 valence electrons. The zero-order valence-electron chi connectivity index (χ0n) is 5.35. The molecule has 0 aromatic carbocycles. The van der Waals surface area contributed by atoms with Gasteiger partial charge in [0.15, 0.2) is 0 Å². The summed E-state index contributed by atoms with van der Waals surface area (Å²) >= 11 is 3.26. The highest BCUT2D eigenvalue weighted by molar-refractivity contribution is 7.98. The number of aromatic amines is 1. The molecule has 0 unspecified atom stereocenters. The van der Waals surface area contributed by atoms with Crippen molar-refractivity contribution in [3.63, 3.8) is 0 Å². The molecule has 0 aliphatic carbocycles. The highest BCUT2D eigenvalue weighted by Crippen LogP contribution is 2.24. The fraction of sp³-hybridized carbons (Fsp3) is 0.500. The van der Waals surface area contributed by atoms with Crippen molar-refractivity contribution in [3.05, 3.63) is 20.2 Å². The molecule has 0 spiro atoms. The topological polar surface area (TPSA) is 32.9 Å². The highest BCUT2D eigenvalue weighted by Gasteiger charge is 2.11. The van der Waals surface area contributed by atoms with Gasteiger partial charge in [0.25, 0.3) is 0 Å². The fourth-order valence-corrected chi connectivity index (χ4v) is 3.06. The van der Waals surface area contributed by atoms with Crippen LogP contribution in [0, 0.1) is 0 Å². The van der Waals surface area contributed by atoms with E-state index in [2.05, 4.69) is 4.98 Å². The predicted octanol–water partition coefficient (Wildman–Crippen LogP) is 1.23. The van der Waals surface area contributed by atoms with Crippen molar-refractivity contribution < 1.29 is 0 Å². The van der Waals surface area contributed by atoms with Crippen LogP contribution in [0.25, 0.3) is 0 Å². The maximum absolute atomic E-state index is 10.8. The second-order valence-corrected chi connectivity index (χ2v) is 4.39. The van der Waals surface area contributed by atoms with E-state index in [9.17, 15) is 4.79 Å². The van der Waals surface area contributed by atoms with Gasteiger partial charge in [0, 0.05) is 16.3 Å². The Balaban J connectivity index is 2.50. The van der Waals surface area contributed by atoms with Gasteiger partial charge in [-0.2, -0.15) is 11.8 Å². The number of aromatic nitrogens is 1. The van der Waals surface area contributed by atoms with Crippen LogP contribution in [0.3, 0.4) is 0 Å². The molecular weight excluding hydrogens is 166 g/mol. The Bertz CT molecular complexity index is 262. The van der Waals surface area contributed by atoms with Gasteiger partial charge in [0.2, 0.25) is 0 Å². The molecule has 4 heteroatoms. The van der Waals surface area contributed by atoms with Gasteiger partial charge < -0.3 is 4.98 Å². The minimum absolute atomic E-state index is 0.104. The van der Waals surface area contributed by atoms with Crippen LogP contribution >= 0.6 is 23.1 Å². The van der Waals surface area contributed by atoms with Gasteiger partial charge in [-0.3, -0.25) is 4.79 Å². The first kappa shape index (κ1) is 6.49. The lowest BCUT2D eigenvalue weighted by atomic mass is 10.3. The second kappa shape index (κ2) is 2.43. The number of thioether (sulfide) groups is 1. The van der Waals surface area contributed by atoms with Crippen LogP contribution in [0.1, 0.15) is 10.6 Å². The third kappa shape index (κ3) is 1.01. The van der Waals surface area contributed by atoms with Gasteiger partial charge in [-0.15, -0.1) is 0 Å². The molecule has 0 radical (unpaired) electrons. The minimum Gasteiger partial charge on any atom is -0.316 e. The lowest BCUT2D eigenvalue weighted by molar-refractivity contribution is 1.02. The second-order valence-electron chi connectivity index (χ2n) is 2.22. The molecule has 0 amide bonds. The van der Waals surface area contributed by atoms with E-state index < -0.39 is 0 Å². The smallest absolute Gasteiger partial charge is 0.304 e. The summed E-state index contributed by atoms with van der Waals surface area (Å²) < 4.78 is 0. The fourth-order valence-electron chi connectivity index (χ4n) is 1.05. The number of thiazole rings is 1. The van der Waals surface area contributed by atoms with E-state index in [1.165, 1.54) is 21.9 Å². The van der Waals surface area contributed by atoms with Crippen LogP contribution < -0.4 is 4.87 Å². The molecule has 1 aliphatic rings. The SMILES string of the molecule is O=c1[nH]c2c(s1)CSCC2. The van der Waals surface area contributed by atoms with E-state index in [0.29, 0.717) is 0 Å². The van der Waals surface area contributed by atoms with Crippen LogP contribution in [0.5, 0.6) is 0 Å². The van der Waals surface area contributed by atoms with Crippen molar-refractivity contribution in [1.82, 2.24) is 4.98 Å². The number of fused-ring (bicyclic) bond motifs is 1. The van der Waals surface area contributed by atoms with Crippen molar-refractivity contribution in [2.75, 3.05) is 5.75 Å². The largest absolute Gasteiger partial charge is 0.316 e. The average molecular weight is 173 g/mol. The van der Waals surface area contributed by atoms with E-state index in [-0.39, 0.29) is 4.87 Å². The molecule has 2 rings (SSSR count). The summed E-state index contributed by atoms with van der Waals surface area (Å²) in [4.78, 5) is 15.0. The molecule has 0 saturated carbocycles. The summed E-state index contributed by atoms with van der Waals surface area (Å²) in [7, 11) is 0. The van der Waals surface area contributed by atoms with Crippen molar-refractivity contribution in [2.45, 2.75) is 12.2 Å². The third-order valence-electron chi connectivity index (χ3n) is 1.53. The Labute approximate surface area is 66.7 Å². The summed E-state index contributed by atoms with van der Waals surface area (Å²) in [6.07, 6.45) is 1.04. The highest BCUT2D eigenvalue weighted by atomic mass is 32.2. The van der Waals surface area contributed by atoms with Gasteiger partial charge in [0.05, 0.1) is 0 Å². The summed E-state index contributed by atoms with van der Waals surface area (Å²) in [5, 5.41) is 0. The Hall–Kier alpha value is -0.220. The monoisotopic (exact) mass is 173 g/mol. The Morgan fingerprint density at radius 3 is 3.20 bits per heavy atom. The van der Waals surface area contributed by atoms with Crippen molar-refractivity contribution in [2.24, 2.45) is 0 Å². The molecule has 2 heterocycles. The molecular formula is C6H7NOS2. The van der Waals surface area contributed by atoms with E-state index >= 15 is 0 Å². The first-order valence-corrected chi connectivity index (χ1v) is 5.12. The van der Waals surface area contributed by atoms with Crippen molar-refractivity contribution in [1.29, 1.82) is 0 Å². The molecule has 1 aromatic heterocycles. The van der Waals surface area contributed by atoms with Crippen LogP contribution in [0.15, 0.2) is 4.79 Å². The number of rotatable bonds is 0. The van der Waals surface area contributed by atoms with E-state index in [1.807, 2.05) is 11.8 Å². The number of aryl methyl sites for hydroxylation is 1. The summed E-state index contributed by atoms with van der Waals surface area (Å²) in [5.41, 5.74) is 1.17. The van der Waals surface area contributed by atoms with E-state index in [4.69, 9.17) is 0 Å². The maximum Gasteiger partial charge on any atom is 0.304 e. The van der Waals surface area contributed by atoms with Gasteiger partial charge in [-0.1, -0.05) is 11.3 Å². The maximum atomic E-state index is 10.8. The van der Waals surface area contributed by atoms with Crippen LogP contribution in [0.4, 0.5) is 0 Å². The first-order chi connectivity index (χ1) is 4.86. The van der Waals surface area contributed by atoms with Gasteiger partial charge in [0.1, 0.15) is 0 Å². The van der Waals surface area contributed by atoms with Crippen LogP contribution in [0.2, 0.25) is 0 Å². The normalized spacial score (nSPS) is 16.8. The predicted molar refractivity (Wildman–Crippen MR) is 44.8 cm³/mol. The Kier molecular flexibility index (Phi) is 1.58. The molecule has 0 atom stereocenters. The summed E-state index contributed by atoms with van der Waals surface area (Å²) in [6, 6.07) is 0. The average Bonchev–Trinajstić information content (AvgIpc) is 2.27. The molecule has 0 fully saturated rings. The van der Waals surface area contributed by atoms with Crippen molar-refractivity contribution >= 4 is 23.1 Å². The molecule has 1 aliphatic heterocycles. The summed E-state index contributed by atoms with van der Waals surface area (Å²) in [6.45, 7) is 0. The van der Waals surface area contributed by atoms with Crippen LogP contribution in [-0.2, 0) is 12.2 Å². The standard InChI is InChI=1S/C6H7NOS2/c8-6-7-4-1-2-9-3-5(4)10-6/h1-3H2,(H,7,8). The van der Waals surface area contributed by atoms with Gasteiger partial charge in [-0.05, 0) is 12.2 Å². The number of H-pyrrole nitrogens is 1. The van der Waals surface area contributed by atoms with Gasteiger partial charge >= 0.3 is 4.87 Å². The molecule has 0 saturated heterocycles. The molecule has 10 heavy (non-hydrogen) atoms. The molecule has 1 aromatic rings. The first-order valence-electron chi connectivity index (χ1n) is 3.15. The van der Waals surface area contributed by atoms with E-state index in [0.717, 1.165) is 17.9 Å². The molecule has 0 bridgehead atoms. The quantitative estimate of drug-likeness (QED) is 0.640. The number of hydrogen-bond acceptors (Lipinski definition) is 3. The van der Waals surface area contributed by atoms with E-state index in [1.54, 1.807) is 0 Å². The minimum atomic E-state index is 0.104. The lowest BCUT2D eigenvalue weighted by Gasteiger charge is -2.07. The Morgan fingerprint density at radius 2 is 2.40 bits per heavy atom.